The van der Waals surface area contributed by atoms with Crippen LogP contribution in [-0.4, -0.2) is 4.98 Å². The van der Waals surface area contributed by atoms with Crippen LogP contribution < -0.4 is 0 Å². The molecule has 1 aromatic heterocycles. The highest BCUT2D eigenvalue weighted by molar-refractivity contribution is 9.10. The Kier molecular flexibility index (Phi) is 2.82. The van der Waals surface area contributed by atoms with E-state index in [1.54, 1.807) is 11.3 Å². The Hall–Kier alpha value is -0.120. The zero-order valence-corrected chi connectivity index (χ0v) is 11.0. The van der Waals surface area contributed by atoms with Gasteiger partial charge in [0, 0.05) is 15.4 Å². The minimum absolute atomic E-state index is 0.470. The Bertz CT molecular complexity index is 478. The fourth-order valence-electron chi connectivity index (χ4n) is 1.22. The van der Waals surface area contributed by atoms with E-state index in [1.165, 1.54) is 4.70 Å². The molecule has 0 spiro atoms. The molecule has 2 aromatic rings. The molecule has 0 fully saturated rings. The average molecular weight is 291 g/mol. The van der Waals surface area contributed by atoms with Crippen LogP contribution in [0.25, 0.3) is 10.2 Å². The van der Waals surface area contributed by atoms with Crippen LogP contribution in [-0.2, 0) is 0 Å². The smallest absolute Gasteiger partial charge is 0.0964 e. The fourth-order valence-corrected chi connectivity index (χ4v) is 3.22. The Balaban J connectivity index is 2.70. The van der Waals surface area contributed by atoms with Gasteiger partial charge in [0.2, 0.25) is 0 Å². The van der Waals surface area contributed by atoms with Crippen molar-refractivity contribution in [3.63, 3.8) is 0 Å². The second kappa shape index (κ2) is 3.80. The van der Waals surface area contributed by atoms with E-state index in [0.29, 0.717) is 5.92 Å². The van der Waals surface area contributed by atoms with Crippen LogP contribution in [0.1, 0.15) is 24.8 Å². The van der Waals surface area contributed by atoms with Crippen molar-refractivity contribution in [3.05, 3.63) is 26.6 Å². The van der Waals surface area contributed by atoms with Crippen LogP contribution >= 0.6 is 38.9 Å². The molecule has 0 aliphatic carbocycles. The number of hydrogen-bond donors (Lipinski definition) is 0. The molecule has 0 atom stereocenters. The number of nitrogens with zero attached hydrogens (tertiary/aromatic N) is 1. The maximum Gasteiger partial charge on any atom is 0.0964 e. The molecule has 0 radical (unpaired) electrons. The predicted molar refractivity (Wildman–Crippen MR) is 66.4 cm³/mol. The summed E-state index contributed by atoms with van der Waals surface area (Å²) in [4.78, 5) is 4.54. The van der Waals surface area contributed by atoms with E-state index in [4.69, 9.17) is 11.6 Å². The first-order valence-electron chi connectivity index (χ1n) is 4.33. The van der Waals surface area contributed by atoms with E-state index < -0.39 is 0 Å². The second-order valence-corrected chi connectivity index (χ2v) is 5.76. The van der Waals surface area contributed by atoms with Crippen LogP contribution in [0.2, 0.25) is 5.02 Å². The average Bonchev–Trinajstić information content (AvgIpc) is 2.47. The molecule has 2 rings (SSSR count). The van der Waals surface area contributed by atoms with E-state index in [2.05, 4.69) is 34.8 Å². The molecule has 14 heavy (non-hydrogen) atoms. The van der Waals surface area contributed by atoms with Gasteiger partial charge >= 0.3 is 0 Å². The van der Waals surface area contributed by atoms with Crippen molar-refractivity contribution < 1.29 is 0 Å². The Morgan fingerprint density at radius 2 is 2.14 bits per heavy atom. The molecule has 0 aliphatic rings. The van der Waals surface area contributed by atoms with E-state index in [0.717, 1.165) is 20.0 Å². The molecule has 0 saturated carbocycles. The fraction of sp³-hybridized carbons (Fsp3) is 0.300. The molecule has 74 valence electrons. The van der Waals surface area contributed by atoms with E-state index >= 15 is 0 Å². The summed E-state index contributed by atoms with van der Waals surface area (Å²) in [5.74, 6) is 0.470. The molecule has 0 unspecified atom stereocenters. The number of rotatable bonds is 1. The first-order chi connectivity index (χ1) is 6.58. The third-order valence-electron chi connectivity index (χ3n) is 1.92. The van der Waals surface area contributed by atoms with Gasteiger partial charge in [-0.15, -0.1) is 11.3 Å². The SMILES string of the molecule is CC(C)c1nc2cc(Cl)cc(Br)c2s1. The highest BCUT2D eigenvalue weighted by atomic mass is 79.9. The lowest BCUT2D eigenvalue weighted by atomic mass is 10.2. The predicted octanol–water partition coefficient (Wildman–Crippen LogP) is 4.84. The topological polar surface area (TPSA) is 12.9 Å². The highest BCUT2D eigenvalue weighted by Gasteiger charge is 2.10. The standard InChI is InChI=1S/C10H9BrClNS/c1-5(2)10-13-8-4-6(12)3-7(11)9(8)14-10/h3-5H,1-2H3. The third-order valence-corrected chi connectivity index (χ3v) is 4.43. The summed E-state index contributed by atoms with van der Waals surface area (Å²) in [6.45, 7) is 4.29. The van der Waals surface area contributed by atoms with Gasteiger partial charge in [-0.1, -0.05) is 25.4 Å². The minimum Gasteiger partial charge on any atom is -0.241 e. The van der Waals surface area contributed by atoms with Gasteiger partial charge in [0.25, 0.3) is 0 Å². The number of fused-ring (bicyclic) bond motifs is 1. The van der Waals surface area contributed by atoms with Gasteiger partial charge < -0.3 is 0 Å². The number of benzene rings is 1. The minimum atomic E-state index is 0.470. The van der Waals surface area contributed by atoms with Gasteiger partial charge in [-0.25, -0.2) is 4.98 Å². The van der Waals surface area contributed by atoms with Gasteiger partial charge in [0.1, 0.15) is 0 Å². The molecule has 0 N–H and O–H groups in total. The Labute approximate surface area is 100 Å². The van der Waals surface area contributed by atoms with Gasteiger partial charge in [0.15, 0.2) is 0 Å². The monoisotopic (exact) mass is 289 g/mol. The molecule has 1 nitrogen and oxygen atoms in total. The summed E-state index contributed by atoms with van der Waals surface area (Å²) in [6.07, 6.45) is 0. The van der Waals surface area contributed by atoms with E-state index in [9.17, 15) is 0 Å². The molecule has 0 bridgehead atoms. The lowest BCUT2D eigenvalue weighted by Crippen LogP contribution is -1.82. The lowest BCUT2D eigenvalue weighted by Gasteiger charge is -1.94. The quantitative estimate of drug-likeness (QED) is 0.732. The Morgan fingerprint density at radius 1 is 1.43 bits per heavy atom. The van der Waals surface area contributed by atoms with Crippen molar-refractivity contribution in [3.8, 4) is 0 Å². The largest absolute Gasteiger partial charge is 0.241 e. The highest BCUT2D eigenvalue weighted by Crippen LogP contribution is 2.34. The normalized spacial score (nSPS) is 11.5. The molecule has 0 amide bonds. The first kappa shape index (κ1) is 10.4. The third kappa shape index (κ3) is 1.81. The number of hydrogen-bond acceptors (Lipinski definition) is 2. The summed E-state index contributed by atoms with van der Waals surface area (Å²) in [5.41, 5.74) is 0.984. The summed E-state index contributed by atoms with van der Waals surface area (Å²) in [5, 5.41) is 1.88. The van der Waals surface area contributed by atoms with Crippen molar-refractivity contribution in [2.24, 2.45) is 0 Å². The van der Waals surface area contributed by atoms with Crippen molar-refractivity contribution in [2.75, 3.05) is 0 Å². The maximum atomic E-state index is 5.95. The van der Waals surface area contributed by atoms with Gasteiger partial charge in [-0.05, 0) is 28.1 Å². The summed E-state index contributed by atoms with van der Waals surface area (Å²) in [6, 6.07) is 3.82. The van der Waals surface area contributed by atoms with Gasteiger partial charge in [-0.2, -0.15) is 0 Å². The summed E-state index contributed by atoms with van der Waals surface area (Å²) < 4.78 is 2.21. The van der Waals surface area contributed by atoms with Crippen LogP contribution in [0, 0.1) is 0 Å². The number of thiazole rings is 1. The molecule has 1 heterocycles. The van der Waals surface area contributed by atoms with Crippen LogP contribution in [0.5, 0.6) is 0 Å². The lowest BCUT2D eigenvalue weighted by molar-refractivity contribution is 0.857. The molecule has 0 saturated heterocycles. The summed E-state index contributed by atoms with van der Waals surface area (Å²) >= 11 is 11.2. The molecule has 0 aliphatic heterocycles. The zero-order valence-electron chi connectivity index (χ0n) is 7.84. The summed E-state index contributed by atoms with van der Waals surface area (Å²) in [7, 11) is 0. The van der Waals surface area contributed by atoms with Crippen LogP contribution in [0.15, 0.2) is 16.6 Å². The number of aromatic nitrogens is 1. The van der Waals surface area contributed by atoms with Gasteiger partial charge in [0.05, 0.1) is 15.2 Å². The van der Waals surface area contributed by atoms with Crippen LogP contribution in [0.3, 0.4) is 0 Å². The Morgan fingerprint density at radius 3 is 2.79 bits per heavy atom. The molecular formula is C10H9BrClNS. The van der Waals surface area contributed by atoms with E-state index in [1.807, 2.05) is 12.1 Å². The molecular weight excluding hydrogens is 282 g/mol. The van der Waals surface area contributed by atoms with Crippen LogP contribution in [0.4, 0.5) is 0 Å². The molecule has 1 aromatic carbocycles. The van der Waals surface area contributed by atoms with Gasteiger partial charge in [-0.3, -0.25) is 0 Å². The van der Waals surface area contributed by atoms with Crippen molar-refractivity contribution >= 4 is 49.1 Å². The van der Waals surface area contributed by atoms with Crippen molar-refractivity contribution in [2.45, 2.75) is 19.8 Å². The zero-order chi connectivity index (χ0) is 10.3. The van der Waals surface area contributed by atoms with E-state index in [-0.39, 0.29) is 0 Å². The molecule has 4 heteroatoms. The second-order valence-electron chi connectivity index (χ2n) is 3.44. The first-order valence-corrected chi connectivity index (χ1v) is 6.32. The van der Waals surface area contributed by atoms with Crippen molar-refractivity contribution in [1.29, 1.82) is 0 Å². The number of halogens is 2. The maximum absolute atomic E-state index is 5.95. The van der Waals surface area contributed by atoms with Crippen molar-refractivity contribution in [1.82, 2.24) is 4.98 Å².